The third-order valence-electron chi connectivity index (χ3n) is 3.66. The van der Waals surface area contributed by atoms with E-state index in [1.165, 1.54) is 10.4 Å². The van der Waals surface area contributed by atoms with Crippen molar-refractivity contribution >= 4 is 39.7 Å². The van der Waals surface area contributed by atoms with Crippen molar-refractivity contribution in [1.82, 2.24) is 9.97 Å². The zero-order chi connectivity index (χ0) is 13.5. The fourth-order valence-corrected chi connectivity index (χ4v) is 3.76. The average Bonchev–Trinajstić information content (AvgIpc) is 2.93. The quantitative estimate of drug-likeness (QED) is 0.638. The second-order valence-electron chi connectivity index (χ2n) is 4.87. The Morgan fingerprint density at radius 3 is 3.00 bits per heavy atom. The molecule has 1 aliphatic heterocycles. The number of aromatic nitrogens is 2. The summed E-state index contributed by atoms with van der Waals surface area (Å²) in [6, 6.07) is 10.2. The summed E-state index contributed by atoms with van der Waals surface area (Å²) in [5.41, 5.74) is 2.30. The second kappa shape index (κ2) is 4.72. The first-order valence-electron chi connectivity index (χ1n) is 6.54. The fourth-order valence-electron chi connectivity index (χ4n) is 2.70. The van der Waals surface area contributed by atoms with Gasteiger partial charge in [0.2, 0.25) is 5.28 Å². The van der Waals surface area contributed by atoms with Gasteiger partial charge in [0.1, 0.15) is 5.82 Å². The van der Waals surface area contributed by atoms with Gasteiger partial charge in [-0.15, -0.1) is 11.3 Å². The Hall–Kier alpha value is -1.65. The molecule has 0 radical (unpaired) electrons. The first-order chi connectivity index (χ1) is 9.81. The smallest absolute Gasteiger partial charge is 0.224 e. The summed E-state index contributed by atoms with van der Waals surface area (Å²) in [5, 5.41) is 3.55. The number of hydrogen-bond donors (Lipinski definition) is 0. The van der Waals surface area contributed by atoms with Crippen molar-refractivity contribution in [1.29, 1.82) is 0 Å². The van der Waals surface area contributed by atoms with E-state index in [1.54, 1.807) is 0 Å². The summed E-state index contributed by atoms with van der Waals surface area (Å²) in [4.78, 5) is 12.5. The summed E-state index contributed by atoms with van der Waals surface area (Å²) >= 11 is 7.92. The summed E-state index contributed by atoms with van der Waals surface area (Å²) < 4.78 is 0. The van der Waals surface area contributed by atoms with Crippen LogP contribution in [-0.2, 0) is 13.0 Å². The van der Waals surface area contributed by atoms with Crippen LogP contribution in [0.15, 0.2) is 35.7 Å². The molecule has 0 fully saturated rings. The maximum absolute atomic E-state index is 6.08. The molecular formula is C15H12ClN3S. The third-order valence-corrected chi connectivity index (χ3v) is 4.86. The number of hydrogen-bond acceptors (Lipinski definition) is 4. The van der Waals surface area contributed by atoms with Crippen LogP contribution in [0.2, 0.25) is 5.28 Å². The van der Waals surface area contributed by atoms with Crippen LogP contribution in [0.3, 0.4) is 0 Å². The molecule has 3 nitrogen and oxygen atoms in total. The number of benzene rings is 1. The minimum absolute atomic E-state index is 0.315. The van der Waals surface area contributed by atoms with Crippen molar-refractivity contribution in [3.05, 3.63) is 51.4 Å². The molecule has 1 aliphatic rings. The Morgan fingerprint density at radius 1 is 1.15 bits per heavy atom. The molecular weight excluding hydrogens is 290 g/mol. The summed E-state index contributed by atoms with van der Waals surface area (Å²) in [5.74, 6) is 0.942. The number of halogens is 1. The van der Waals surface area contributed by atoms with Crippen LogP contribution < -0.4 is 4.90 Å². The molecule has 0 bridgehead atoms. The van der Waals surface area contributed by atoms with Crippen molar-refractivity contribution in [3.8, 4) is 0 Å². The molecule has 20 heavy (non-hydrogen) atoms. The van der Waals surface area contributed by atoms with Crippen molar-refractivity contribution in [3.63, 3.8) is 0 Å². The molecule has 1 aromatic carbocycles. The molecule has 0 unspecified atom stereocenters. The molecule has 5 heteroatoms. The van der Waals surface area contributed by atoms with E-state index in [0.29, 0.717) is 5.28 Å². The van der Waals surface area contributed by atoms with E-state index in [0.717, 1.165) is 36.2 Å². The lowest BCUT2D eigenvalue weighted by Gasteiger charge is -2.28. The molecule has 0 N–H and O–H groups in total. The lowest BCUT2D eigenvalue weighted by Crippen LogP contribution is -2.30. The van der Waals surface area contributed by atoms with E-state index in [1.807, 2.05) is 29.5 Å². The van der Waals surface area contributed by atoms with Gasteiger partial charge in [0.05, 0.1) is 5.52 Å². The highest BCUT2D eigenvalue weighted by atomic mass is 35.5. The number of thiophene rings is 1. The van der Waals surface area contributed by atoms with Gasteiger partial charge in [0.15, 0.2) is 0 Å². The Balaban J connectivity index is 1.83. The Labute approximate surface area is 125 Å². The SMILES string of the molecule is Clc1nc(N2CCc3sccc3C2)c2ccccc2n1. The molecule has 0 spiro atoms. The molecule has 2 aromatic heterocycles. The van der Waals surface area contributed by atoms with Crippen LogP contribution in [0.4, 0.5) is 5.82 Å². The Bertz CT molecular complexity index is 784. The number of fused-ring (bicyclic) bond motifs is 2. The normalized spacial score (nSPS) is 14.6. The van der Waals surface area contributed by atoms with E-state index < -0.39 is 0 Å². The van der Waals surface area contributed by atoms with Gasteiger partial charge in [0.25, 0.3) is 0 Å². The number of para-hydroxylation sites is 1. The second-order valence-corrected chi connectivity index (χ2v) is 6.21. The van der Waals surface area contributed by atoms with Gasteiger partial charge in [-0.3, -0.25) is 0 Å². The van der Waals surface area contributed by atoms with Gasteiger partial charge in [-0.25, -0.2) is 4.98 Å². The fraction of sp³-hybridized carbons (Fsp3) is 0.200. The van der Waals surface area contributed by atoms with Gasteiger partial charge in [-0.2, -0.15) is 4.98 Å². The number of nitrogens with zero attached hydrogens (tertiary/aromatic N) is 3. The van der Waals surface area contributed by atoms with Crippen molar-refractivity contribution in [2.45, 2.75) is 13.0 Å². The maximum atomic E-state index is 6.08. The molecule has 100 valence electrons. The van der Waals surface area contributed by atoms with Crippen molar-refractivity contribution in [2.75, 3.05) is 11.4 Å². The molecule has 0 atom stereocenters. The minimum Gasteiger partial charge on any atom is -0.351 e. The summed E-state index contributed by atoms with van der Waals surface area (Å²) in [6.45, 7) is 1.88. The standard InChI is InChI=1S/C15H12ClN3S/c16-15-17-12-4-2-1-3-11(12)14(18-15)19-7-5-13-10(9-19)6-8-20-13/h1-4,6,8H,5,7,9H2. The van der Waals surface area contributed by atoms with E-state index in [-0.39, 0.29) is 0 Å². The zero-order valence-electron chi connectivity index (χ0n) is 10.7. The zero-order valence-corrected chi connectivity index (χ0v) is 12.3. The van der Waals surface area contributed by atoms with Crippen molar-refractivity contribution in [2.24, 2.45) is 0 Å². The van der Waals surface area contributed by atoms with Crippen LogP contribution in [0.1, 0.15) is 10.4 Å². The molecule has 0 saturated heterocycles. The monoisotopic (exact) mass is 301 g/mol. The largest absolute Gasteiger partial charge is 0.351 e. The predicted molar refractivity (Wildman–Crippen MR) is 83.6 cm³/mol. The maximum Gasteiger partial charge on any atom is 0.224 e. The highest BCUT2D eigenvalue weighted by Gasteiger charge is 2.20. The minimum atomic E-state index is 0.315. The lowest BCUT2D eigenvalue weighted by atomic mass is 10.1. The summed E-state index contributed by atoms with van der Waals surface area (Å²) in [6.07, 6.45) is 1.07. The predicted octanol–water partition coefficient (Wildman–Crippen LogP) is 3.91. The molecule has 0 amide bonds. The van der Waals surface area contributed by atoms with Crippen LogP contribution in [-0.4, -0.2) is 16.5 Å². The average molecular weight is 302 g/mol. The highest BCUT2D eigenvalue weighted by Crippen LogP contribution is 2.31. The van der Waals surface area contributed by atoms with E-state index in [2.05, 4.69) is 32.4 Å². The number of rotatable bonds is 1. The van der Waals surface area contributed by atoms with Crippen LogP contribution in [0.5, 0.6) is 0 Å². The van der Waals surface area contributed by atoms with Gasteiger partial charge in [-0.05, 0) is 47.2 Å². The first-order valence-corrected chi connectivity index (χ1v) is 7.79. The van der Waals surface area contributed by atoms with E-state index >= 15 is 0 Å². The van der Waals surface area contributed by atoms with Gasteiger partial charge < -0.3 is 4.90 Å². The van der Waals surface area contributed by atoms with Crippen molar-refractivity contribution < 1.29 is 0 Å². The van der Waals surface area contributed by atoms with Gasteiger partial charge in [0, 0.05) is 23.4 Å². The highest BCUT2D eigenvalue weighted by molar-refractivity contribution is 7.10. The molecule has 0 aliphatic carbocycles. The molecule has 4 rings (SSSR count). The topological polar surface area (TPSA) is 29.0 Å². The van der Waals surface area contributed by atoms with Crippen LogP contribution in [0, 0.1) is 0 Å². The van der Waals surface area contributed by atoms with Gasteiger partial charge >= 0.3 is 0 Å². The lowest BCUT2D eigenvalue weighted by molar-refractivity contribution is 0.734. The summed E-state index contributed by atoms with van der Waals surface area (Å²) in [7, 11) is 0. The molecule has 0 saturated carbocycles. The molecule has 3 heterocycles. The Kier molecular flexibility index (Phi) is 2.86. The first kappa shape index (κ1) is 12.1. The third kappa shape index (κ3) is 1.96. The Morgan fingerprint density at radius 2 is 2.05 bits per heavy atom. The van der Waals surface area contributed by atoms with E-state index in [4.69, 9.17) is 11.6 Å². The molecule has 3 aromatic rings. The van der Waals surface area contributed by atoms with Crippen LogP contribution in [0.25, 0.3) is 10.9 Å². The number of anilines is 1. The van der Waals surface area contributed by atoms with E-state index in [9.17, 15) is 0 Å². The van der Waals surface area contributed by atoms with Gasteiger partial charge in [-0.1, -0.05) is 12.1 Å². The van der Waals surface area contributed by atoms with Crippen LogP contribution >= 0.6 is 22.9 Å².